The van der Waals surface area contributed by atoms with Crippen molar-refractivity contribution in [3.63, 3.8) is 0 Å². The predicted octanol–water partition coefficient (Wildman–Crippen LogP) is 3.43. The molecular formula is C22H28N2O3. The van der Waals surface area contributed by atoms with Crippen molar-refractivity contribution in [3.05, 3.63) is 65.2 Å². The molecule has 5 heteroatoms. The number of hydrogen-bond donors (Lipinski definition) is 2. The number of nitrogens with one attached hydrogen (secondary N) is 2. The Morgan fingerprint density at radius 3 is 2.26 bits per heavy atom. The lowest BCUT2D eigenvalue weighted by Crippen LogP contribution is -2.40. The van der Waals surface area contributed by atoms with E-state index in [-0.39, 0.29) is 11.8 Å². The molecule has 2 aromatic rings. The van der Waals surface area contributed by atoms with Crippen LogP contribution in [0.2, 0.25) is 0 Å². The average Bonchev–Trinajstić information content (AvgIpc) is 2.65. The molecule has 2 N–H and O–H groups in total. The van der Waals surface area contributed by atoms with E-state index in [2.05, 4.69) is 24.5 Å². The standard InChI is InChI=1S/C22H28N2O3/c1-15(2)20-11-10-19(14-16(20)3)27-17(4)21(25)23-12-13-24-22(26)18-8-6-5-7-9-18/h5-11,14-15,17H,12-13H2,1-4H3,(H,23,25)(H,24,26). The molecular weight excluding hydrogens is 340 g/mol. The van der Waals surface area contributed by atoms with Gasteiger partial charge in [0, 0.05) is 18.7 Å². The van der Waals surface area contributed by atoms with Gasteiger partial charge in [-0.3, -0.25) is 9.59 Å². The molecule has 0 saturated carbocycles. The van der Waals surface area contributed by atoms with Crippen LogP contribution in [0.25, 0.3) is 0 Å². The first-order valence-corrected chi connectivity index (χ1v) is 9.26. The SMILES string of the molecule is Cc1cc(OC(C)C(=O)NCCNC(=O)c2ccccc2)ccc1C(C)C. The Morgan fingerprint density at radius 1 is 0.963 bits per heavy atom. The van der Waals surface area contributed by atoms with Gasteiger partial charge in [0.15, 0.2) is 6.10 Å². The molecule has 1 atom stereocenters. The zero-order chi connectivity index (χ0) is 19.8. The highest BCUT2D eigenvalue weighted by molar-refractivity contribution is 5.94. The monoisotopic (exact) mass is 368 g/mol. The van der Waals surface area contributed by atoms with Crippen molar-refractivity contribution in [2.45, 2.75) is 39.7 Å². The Kier molecular flexibility index (Phi) is 7.41. The lowest BCUT2D eigenvalue weighted by molar-refractivity contribution is -0.127. The van der Waals surface area contributed by atoms with Crippen molar-refractivity contribution in [3.8, 4) is 5.75 Å². The van der Waals surface area contributed by atoms with Crippen LogP contribution in [0.5, 0.6) is 5.75 Å². The summed E-state index contributed by atoms with van der Waals surface area (Å²) in [6.07, 6.45) is -0.612. The first-order chi connectivity index (χ1) is 12.9. The molecule has 0 radical (unpaired) electrons. The number of ether oxygens (including phenoxy) is 1. The van der Waals surface area contributed by atoms with Gasteiger partial charge in [0.1, 0.15) is 5.75 Å². The third-order valence-corrected chi connectivity index (χ3v) is 4.29. The van der Waals surface area contributed by atoms with Gasteiger partial charge in [-0.1, -0.05) is 38.1 Å². The quantitative estimate of drug-likeness (QED) is 0.702. The highest BCUT2D eigenvalue weighted by Crippen LogP contribution is 2.24. The van der Waals surface area contributed by atoms with Crippen LogP contribution < -0.4 is 15.4 Å². The Bertz CT molecular complexity index is 772. The molecule has 144 valence electrons. The van der Waals surface area contributed by atoms with E-state index in [0.717, 1.165) is 5.56 Å². The summed E-state index contributed by atoms with van der Waals surface area (Å²) in [7, 11) is 0. The van der Waals surface area contributed by atoms with Crippen molar-refractivity contribution in [2.24, 2.45) is 0 Å². The van der Waals surface area contributed by atoms with Gasteiger partial charge in [0.05, 0.1) is 0 Å². The lowest BCUT2D eigenvalue weighted by Gasteiger charge is -2.17. The maximum atomic E-state index is 12.2. The molecule has 2 rings (SSSR count). The summed E-state index contributed by atoms with van der Waals surface area (Å²) in [4.78, 5) is 24.1. The van der Waals surface area contributed by atoms with Crippen molar-refractivity contribution in [1.82, 2.24) is 10.6 Å². The second-order valence-electron chi connectivity index (χ2n) is 6.85. The molecule has 2 aromatic carbocycles. The smallest absolute Gasteiger partial charge is 0.260 e. The lowest BCUT2D eigenvalue weighted by atomic mass is 9.98. The maximum Gasteiger partial charge on any atom is 0.260 e. The number of rotatable bonds is 8. The van der Waals surface area contributed by atoms with E-state index in [0.29, 0.717) is 30.3 Å². The number of carbonyl (C=O) groups is 2. The normalized spacial score (nSPS) is 11.7. The van der Waals surface area contributed by atoms with Crippen molar-refractivity contribution < 1.29 is 14.3 Å². The van der Waals surface area contributed by atoms with E-state index in [1.54, 1.807) is 19.1 Å². The minimum Gasteiger partial charge on any atom is -0.481 e. The second-order valence-corrected chi connectivity index (χ2v) is 6.85. The van der Waals surface area contributed by atoms with Crippen LogP contribution in [0.1, 0.15) is 48.2 Å². The molecule has 2 amide bonds. The molecule has 0 aliphatic carbocycles. The fourth-order valence-electron chi connectivity index (χ4n) is 2.82. The number of benzene rings is 2. The van der Waals surface area contributed by atoms with Crippen LogP contribution in [0.4, 0.5) is 0 Å². The molecule has 0 aliphatic rings. The van der Waals surface area contributed by atoms with Gasteiger partial charge in [-0.05, 0) is 55.2 Å². The van der Waals surface area contributed by atoms with Crippen LogP contribution in [-0.2, 0) is 4.79 Å². The number of carbonyl (C=O) groups excluding carboxylic acids is 2. The largest absolute Gasteiger partial charge is 0.481 e. The molecule has 0 saturated heterocycles. The molecule has 0 aliphatic heterocycles. The first-order valence-electron chi connectivity index (χ1n) is 9.26. The molecule has 0 spiro atoms. The Morgan fingerprint density at radius 2 is 1.63 bits per heavy atom. The van der Waals surface area contributed by atoms with Gasteiger partial charge < -0.3 is 15.4 Å². The summed E-state index contributed by atoms with van der Waals surface area (Å²) >= 11 is 0. The second kappa shape index (κ2) is 9.76. The van der Waals surface area contributed by atoms with Crippen LogP contribution >= 0.6 is 0 Å². The van der Waals surface area contributed by atoms with Crippen LogP contribution in [0, 0.1) is 6.92 Å². The summed E-state index contributed by atoms with van der Waals surface area (Å²) in [6.45, 7) is 8.75. The van der Waals surface area contributed by atoms with Crippen molar-refractivity contribution in [1.29, 1.82) is 0 Å². The highest BCUT2D eigenvalue weighted by atomic mass is 16.5. The first kappa shape index (κ1) is 20.5. The van der Waals surface area contributed by atoms with Crippen molar-refractivity contribution in [2.75, 3.05) is 13.1 Å². The maximum absolute atomic E-state index is 12.2. The molecule has 1 unspecified atom stereocenters. The van der Waals surface area contributed by atoms with Crippen LogP contribution in [0.15, 0.2) is 48.5 Å². The summed E-state index contributed by atoms with van der Waals surface area (Å²) < 4.78 is 5.74. The Balaban J connectivity index is 1.75. The van der Waals surface area contributed by atoms with E-state index in [4.69, 9.17) is 4.74 Å². The van der Waals surface area contributed by atoms with Gasteiger partial charge in [-0.15, -0.1) is 0 Å². The van der Waals surface area contributed by atoms with E-state index < -0.39 is 6.10 Å². The molecule has 0 heterocycles. The molecule has 5 nitrogen and oxygen atoms in total. The van der Waals surface area contributed by atoms with Crippen molar-refractivity contribution >= 4 is 11.8 Å². The van der Waals surface area contributed by atoms with Gasteiger partial charge >= 0.3 is 0 Å². The zero-order valence-electron chi connectivity index (χ0n) is 16.4. The summed E-state index contributed by atoms with van der Waals surface area (Å²) in [5, 5.41) is 5.55. The topological polar surface area (TPSA) is 67.4 Å². The average molecular weight is 368 g/mol. The zero-order valence-corrected chi connectivity index (χ0v) is 16.4. The fourth-order valence-corrected chi connectivity index (χ4v) is 2.82. The van der Waals surface area contributed by atoms with Gasteiger partial charge in [0.2, 0.25) is 0 Å². The highest BCUT2D eigenvalue weighted by Gasteiger charge is 2.15. The summed E-state index contributed by atoms with van der Waals surface area (Å²) in [6, 6.07) is 14.9. The number of hydrogen-bond acceptors (Lipinski definition) is 3. The van der Waals surface area contributed by atoms with E-state index >= 15 is 0 Å². The van der Waals surface area contributed by atoms with Crippen LogP contribution in [-0.4, -0.2) is 31.0 Å². The minimum absolute atomic E-state index is 0.158. The molecule has 27 heavy (non-hydrogen) atoms. The van der Waals surface area contributed by atoms with Gasteiger partial charge in [0.25, 0.3) is 11.8 Å². The third kappa shape index (κ3) is 6.13. The molecule has 0 bridgehead atoms. The number of amides is 2. The van der Waals surface area contributed by atoms with Gasteiger partial charge in [-0.25, -0.2) is 0 Å². The van der Waals surface area contributed by atoms with Crippen LogP contribution in [0.3, 0.4) is 0 Å². The fraction of sp³-hybridized carbons (Fsp3) is 0.364. The minimum atomic E-state index is -0.612. The Hall–Kier alpha value is -2.82. The van der Waals surface area contributed by atoms with E-state index in [1.165, 1.54) is 5.56 Å². The third-order valence-electron chi connectivity index (χ3n) is 4.29. The summed E-state index contributed by atoms with van der Waals surface area (Å²) in [5.41, 5.74) is 3.02. The Labute approximate surface area is 161 Å². The van der Waals surface area contributed by atoms with E-state index in [9.17, 15) is 9.59 Å². The number of aryl methyl sites for hydroxylation is 1. The predicted molar refractivity (Wildman–Crippen MR) is 107 cm³/mol. The molecule has 0 fully saturated rings. The van der Waals surface area contributed by atoms with E-state index in [1.807, 2.05) is 43.3 Å². The molecule has 0 aromatic heterocycles. The van der Waals surface area contributed by atoms with Gasteiger partial charge in [-0.2, -0.15) is 0 Å². The summed E-state index contributed by atoms with van der Waals surface area (Å²) in [5.74, 6) is 0.757.